The Labute approximate surface area is 106 Å². The minimum Gasteiger partial charge on any atom is -0.479 e. The first-order chi connectivity index (χ1) is 8.77. The molecule has 2 aromatic rings. The predicted molar refractivity (Wildman–Crippen MR) is 69.9 cm³/mol. The van der Waals surface area contributed by atoms with Gasteiger partial charge < -0.3 is 14.2 Å². The smallest absolute Gasteiger partial charge is 0.199 e. The Morgan fingerprint density at radius 1 is 1.44 bits per heavy atom. The van der Waals surface area contributed by atoms with E-state index in [1.54, 1.807) is 6.33 Å². The molecule has 3 heterocycles. The third-order valence-corrected chi connectivity index (χ3v) is 3.35. The van der Waals surface area contributed by atoms with Crippen molar-refractivity contribution in [2.24, 2.45) is 0 Å². The van der Waals surface area contributed by atoms with Gasteiger partial charge in [-0.1, -0.05) is 0 Å². The Balaban J connectivity index is 2.10. The van der Waals surface area contributed by atoms with Gasteiger partial charge in [0.2, 0.25) is 0 Å². The van der Waals surface area contributed by atoms with Gasteiger partial charge in [-0.3, -0.25) is 0 Å². The van der Waals surface area contributed by atoms with Gasteiger partial charge in [0.05, 0.1) is 23.8 Å². The van der Waals surface area contributed by atoms with E-state index in [-0.39, 0.29) is 0 Å². The standard InChI is InChI=1S/C13H18N4O/c1-16(2)5-6-17-11-8-14-9-15-12(11)10-4-3-7-18-13(10)17/h8-9H,3-7H2,1-2H3. The molecule has 0 atom stereocenters. The number of aromatic nitrogens is 3. The number of fused-ring (bicyclic) bond motifs is 3. The molecule has 0 N–H and O–H groups in total. The van der Waals surface area contributed by atoms with Crippen LogP contribution >= 0.6 is 0 Å². The highest BCUT2D eigenvalue weighted by molar-refractivity contribution is 5.82. The maximum atomic E-state index is 5.85. The number of likely N-dealkylation sites (N-methyl/N-ethyl adjacent to an activating group) is 1. The van der Waals surface area contributed by atoms with E-state index >= 15 is 0 Å². The monoisotopic (exact) mass is 246 g/mol. The molecule has 18 heavy (non-hydrogen) atoms. The van der Waals surface area contributed by atoms with E-state index in [0.717, 1.165) is 49.5 Å². The Kier molecular flexibility index (Phi) is 2.91. The second-order valence-corrected chi connectivity index (χ2v) is 4.95. The summed E-state index contributed by atoms with van der Waals surface area (Å²) in [4.78, 5) is 10.7. The van der Waals surface area contributed by atoms with E-state index in [0.29, 0.717) is 0 Å². The molecule has 0 bridgehead atoms. The van der Waals surface area contributed by atoms with Gasteiger partial charge in [0, 0.05) is 18.7 Å². The van der Waals surface area contributed by atoms with Gasteiger partial charge in [-0.05, 0) is 26.9 Å². The summed E-state index contributed by atoms with van der Waals surface area (Å²) in [5, 5.41) is 0. The number of nitrogens with zero attached hydrogens (tertiary/aromatic N) is 4. The molecule has 0 aliphatic carbocycles. The summed E-state index contributed by atoms with van der Waals surface area (Å²) in [6.45, 7) is 2.69. The van der Waals surface area contributed by atoms with E-state index in [4.69, 9.17) is 4.74 Å². The largest absolute Gasteiger partial charge is 0.479 e. The minimum atomic E-state index is 0.804. The van der Waals surface area contributed by atoms with Gasteiger partial charge in [-0.2, -0.15) is 0 Å². The van der Waals surface area contributed by atoms with Crippen molar-refractivity contribution in [3.63, 3.8) is 0 Å². The summed E-state index contributed by atoms with van der Waals surface area (Å²) in [5.41, 5.74) is 3.39. The van der Waals surface area contributed by atoms with Crippen molar-refractivity contribution in [1.29, 1.82) is 0 Å². The lowest BCUT2D eigenvalue weighted by atomic mass is 10.1. The third kappa shape index (κ3) is 1.84. The number of rotatable bonds is 3. The molecule has 3 rings (SSSR count). The Bertz CT molecular complexity index is 561. The van der Waals surface area contributed by atoms with Crippen molar-refractivity contribution < 1.29 is 4.74 Å². The zero-order chi connectivity index (χ0) is 12.5. The molecule has 96 valence electrons. The highest BCUT2D eigenvalue weighted by Gasteiger charge is 2.22. The predicted octanol–water partition coefficient (Wildman–Crippen LogP) is 1.32. The van der Waals surface area contributed by atoms with Gasteiger partial charge in [-0.15, -0.1) is 0 Å². The van der Waals surface area contributed by atoms with E-state index in [1.807, 2.05) is 6.20 Å². The van der Waals surface area contributed by atoms with Crippen LogP contribution < -0.4 is 4.74 Å². The lowest BCUT2D eigenvalue weighted by Crippen LogP contribution is -2.20. The van der Waals surface area contributed by atoms with E-state index < -0.39 is 0 Å². The van der Waals surface area contributed by atoms with Crippen LogP contribution in [-0.2, 0) is 13.0 Å². The van der Waals surface area contributed by atoms with Crippen LogP contribution in [0, 0.1) is 0 Å². The molecule has 0 aromatic carbocycles. The lowest BCUT2D eigenvalue weighted by Gasteiger charge is -2.18. The molecule has 0 saturated carbocycles. The zero-order valence-corrected chi connectivity index (χ0v) is 10.9. The van der Waals surface area contributed by atoms with E-state index in [9.17, 15) is 0 Å². The second-order valence-electron chi connectivity index (χ2n) is 4.95. The van der Waals surface area contributed by atoms with Crippen LogP contribution in [0.2, 0.25) is 0 Å². The first-order valence-corrected chi connectivity index (χ1v) is 6.36. The Hall–Kier alpha value is -1.62. The maximum Gasteiger partial charge on any atom is 0.199 e. The average molecular weight is 246 g/mol. The fourth-order valence-electron chi connectivity index (χ4n) is 2.46. The third-order valence-electron chi connectivity index (χ3n) is 3.35. The molecule has 0 saturated heterocycles. The molecule has 1 aliphatic heterocycles. The van der Waals surface area contributed by atoms with Gasteiger partial charge in [0.1, 0.15) is 6.33 Å². The van der Waals surface area contributed by atoms with Gasteiger partial charge in [0.25, 0.3) is 0 Å². The fraction of sp³-hybridized carbons (Fsp3) is 0.538. The topological polar surface area (TPSA) is 43.2 Å². The summed E-state index contributed by atoms with van der Waals surface area (Å²) in [7, 11) is 4.16. The highest BCUT2D eigenvalue weighted by atomic mass is 16.5. The average Bonchev–Trinajstić information content (AvgIpc) is 2.71. The number of hydrogen-bond acceptors (Lipinski definition) is 4. The van der Waals surface area contributed by atoms with Crippen LogP contribution in [0.25, 0.3) is 11.0 Å². The van der Waals surface area contributed by atoms with Crippen molar-refractivity contribution >= 4 is 11.0 Å². The van der Waals surface area contributed by atoms with Crippen molar-refractivity contribution in [3.8, 4) is 5.88 Å². The second kappa shape index (κ2) is 4.57. The summed E-state index contributed by atoms with van der Waals surface area (Å²) >= 11 is 0. The van der Waals surface area contributed by atoms with Crippen LogP contribution in [0.4, 0.5) is 0 Å². The molecular formula is C13H18N4O. The molecule has 5 heteroatoms. The van der Waals surface area contributed by atoms with Crippen LogP contribution in [-0.4, -0.2) is 46.7 Å². The van der Waals surface area contributed by atoms with Crippen LogP contribution in [0.1, 0.15) is 12.0 Å². The molecule has 0 unspecified atom stereocenters. The van der Waals surface area contributed by atoms with Gasteiger partial charge in [0.15, 0.2) is 5.88 Å². The summed E-state index contributed by atoms with van der Waals surface area (Å²) in [6, 6.07) is 0. The summed E-state index contributed by atoms with van der Waals surface area (Å²) < 4.78 is 8.06. The quantitative estimate of drug-likeness (QED) is 0.819. The van der Waals surface area contributed by atoms with Crippen LogP contribution in [0.5, 0.6) is 5.88 Å². The Morgan fingerprint density at radius 2 is 2.33 bits per heavy atom. The van der Waals surface area contributed by atoms with E-state index in [1.165, 1.54) is 5.56 Å². The Morgan fingerprint density at radius 3 is 3.17 bits per heavy atom. The van der Waals surface area contributed by atoms with Crippen molar-refractivity contribution in [1.82, 2.24) is 19.4 Å². The SMILES string of the molecule is CN(C)CCn1c2c(c3ncncc31)CCCO2. The number of hydrogen-bond donors (Lipinski definition) is 0. The number of aryl methyl sites for hydroxylation is 1. The van der Waals surface area contributed by atoms with Crippen molar-refractivity contribution in [2.75, 3.05) is 27.2 Å². The molecule has 5 nitrogen and oxygen atoms in total. The van der Waals surface area contributed by atoms with Crippen molar-refractivity contribution in [2.45, 2.75) is 19.4 Å². The maximum absolute atomic E-state index is 5.85. The first kappa shape index (κ1) is 11.5. The summed E-state index contributed by atoms with van der Waals surface area (Å²) in [5.74, 6) is 0.999. The van der Waals surface area contributed by atoms with E-state index in [2.05, 4.69) is 33.5 Å². The van der Waals surface area contributed by atoms with Gasteiger partial charge >= 0.3 is 0 Å². The minimum absolute atomic E-state index is 0.804. The van der Waals surface area contributed by atoms with Crippen LogP contribution in [0.3, 0.4) is 0 Å². The normalized spacial score (nSPS) is 14.8. The molecule has 0 spiro atoms. The summed E-state index contributed by atoms with van der Waals surface area (Å²) in [6.07, 6.45) is 5.63. The molecule has 0 fully saturated rings. The molecule has 2 aromatic heterocycles. The number of ether oxygens (including phenoxy) is 1. The van der Waals surface area contributed by atoms with Crippen molar-refractivity contribution in [3.05, 3.63) is 18.1 Å². The zero-order valence-electron chi connectivity index (χ0n) is 10.9. The van der Waals surface area contributed by atoms with Crippen LogP contribution in [0.15, 0.2) is 12.5 Å². The molecule has 0 amide bonds. The fourth-order valence-corrected chi connectivity index (χ4v) is 2.46. The molecule has 0 radical (unpaired) electrons. The molecule has 1 aliphatic rings. The lowest BCUT2D eigenvalue weighted by molar-refractivity contribution is 0.260. The molecular weight excluding hydrogens is 228 g/mol. The van der Waals surface area contributed by atoms with Gasteiger partial charge in [-0.25, -0.2) is 9.97 Å². The first-order valence-electron chi connectivity index (χ1n) is 6.36. The highest BCUT2D eigenvalue weighted by Crippen LogP contribution is 2.33.